The lowest BCUT2D eigenvalue weighted by Crippen LogP contribution is -2.51. The third-order valence-electron chi connectivity index (χ3n) is 2.96. The van der Waals surface area contributed by atoms with Crippen LogP contribution < -0.4 is 5.32 Å². The molecule has 0 spiro atoms. The van der Waals surface area contributed by atoms with Crippen molar-refractivity contribution in [2.45, 2.75) is 0 Å². The molecule has 0 unspecified atom stereocenters. The highest BCUT2D eigenvalue weighted by Gasteiger charge is 2.19. The van der Waals surface area contributed by atoms with Crippen molar-refractivity contribution < 1.29 is 4.79 Å². The van der Waals surface area contributed by atoms with Crippen molar-refractivity contribution in [1.29, 1.82) is 0 Å². The number of amides is 1. The molecule has 0 bridgehead atoms. The summed E-state index contributed by atoms with van der Waals surface area (Å²) < 4.78 is 1.59. The second kappa shape index (κ2) is 5.45. The second-order valence-corrected chi connectivity index (χ2v) is 4.81. The number of rotatable bonds is 1. The van der Waals surface area contributed by atoms with Crippen molar-refractivity contribution in [3.63, 3.8) is 0 Å². The van der Waals surface area contributed by atoms with Crippen molar-refractivity contribution in [2.75, 3.05) is 33.2 Å². The van der Waals surface area contributed by atoms with Gasteiger partial charge in [-0.25, -0.2) is 0 Å². The summed E-state index contributed by atoms with van der Waals surface area (Å²) in [5.74, 6) is -0.250. The fourth-order valence-corrected chi connectivity index (χ4v) is 2.06. The van der Waals surface area contributed by atoms with Crippen LogP contribution in [0.25, 0.3) is 0 Å². The highest BCUT2D eigenvalue weighted by molar-refractivity contribution is 7.80. The molecule has 7 heteroatoms. The molecular weight excluding hydrogens is 250 g/mol. The molecule has 0 radical (unpaired) electrons. The molecule has 1 saturated heterocycles. The highest BCUT2D eigenvalue weighted by Crippen LogP contribution is 2.01. The topological polar surface area (TPSA) is 53.4 Å². The molecule has 1 aromatic rings. The standard InChI is InChI=1S/C11H17N5OS/c1-14-5-7-16(8-6-14)11(18)12-10(17)9-3-4-15(2)13-9/h3-4H,5-8H2,1-2H3,(H,12,17,18). The zero-order valence-electron chi connectivity index (χ0n) is 10.6. The minimum absolute atomic E-state index is 0.250. The summed E-state index contributed by atoms with van der Waals surface area (Å²) >= 11 is 5.24. The number of carbonyl (C=O) groups excluding carboxylic acids is 1. The van der Waals surface area contributed by atoms with E-state index in [2.05, 4.69) is 22.4 Å². The van der Waals surface area contributed by atoms with E-state index in [9.17, 15) is 4.79 Å². The lowest BCUT2D eigenvalue weighted by Gasteiger charge is -2.33. The first kappa shape index (κ1) is 13.0. The van der Waals surface area contributed by atoms with Gasteiger partial charge in [-0.3, -0.25) is 14.8 Å². The average Bonchev–Trinajstić information content (AvgIpc) is 2.76. The molecule has 1 aliphatic rings. The largest absolute Gasteiger partial charge is 0.346 e. The quantitative estimate of drug-likeness (QED) is 0.707. The molecule has 0 aromatic carbocycles. The normalized spacial score (nSPS) is 16.7. The van der Waals surface area contributed by atoms with E-state index >= 15 is 0 Å². The number of likely N-dealkylation sites (N-methyl/N-ethyl adjacent to an activating group) is 1. The van der Waals surface area contributed by atoms with E-state index in [0.717, 1.165) is 26.2 Å². The molecule has 6 nitrogen and oxygen atoms in total. The van der Waals surface area contributed by atoms with E-state index in [-0.39, 0.29) is 5.91 Å². The summed E-state index contributed by atoms with van der Waals surface area (Å²) in [6.07, 6.45) is 1.73. The lowest BCUT2D eigenvalue weighted by molar-refractivity contribution is 0.0965. The number of aromatic nitrogens is 2. The van der Waals surface area contributed by atoms with Crippen LogP contribution in [0.5, 0.6) is 0 Å². The van der Waals surface area contributed by atoms with Gasteiger partial charge in [0.25, 0.3) is 5.91 Å². The number of hydrogen-bond acceptors (Lipinski definition) is 4. The van der Waals surface area contributed by atoms with Gasteiger partial charge in [0.15, 0.2) is 10.8 Å². The van der Waals surface area contributed by atoms with Gasteiger partial charge in [-0.15, -0.1) is 0 Å². The molecule has 98 valence electrons. The average molecular weight is 267 g/mol. The van der Waals surface area contributed by atoms with Crippen LogP contribution in [0.4, 0.5) is 0 Å². The molecular formula is C11H17N5OS. The summed E-state index contributed by atoms with van der Waals surface area (Å²) in [5, 5.41) is 7.24. The Bertz CT molecular complexity index is 450. The van der Waals surface area contributed by atoms with Gasteiger partial charge in [0.05, 0.1) is 0 Å². The molecule has 0 saturated carbocycles. The van der Waals surface area contributed by atoms with E-state index in [0.29, 0.717) is 10.8 Å². The van der Waals surface area contributed by atoms with E-state index in [1.165, 1.54) is 0 Å². The Hall–Kier alpha value is -1.47. The number of piperazine rings is 1. The molecule has 1 aliphatic heterocycles. The van der Waals surface area contributed by atoms with Gasteiger partial charge in [0.2, 0.25) is 0 Å². The molecule has 18 heavy (non-hydrogen) atoms. The number of thiocarbonyl (C=S) groups is 1. The van der Waals surface area contributed by atoms with E-state index in [1.54, 1.807) is 24.0 Å². The molecule has 1 aromatic heterocycles. The van der Waals surface area contributed by atoms with E-state index < -0.39 is 0 Å². The van der Waals surface area contributed by atoms with Gasteiger partial charge in [-0.1, -0.05) is 0 Å². The Morgan fingerprint density at radius 3 is 2.56 bits per heavy atom. The van der Waals surface area contributed by atoms with Crippen molar-refractivity contribution in [3.8, 4) is 0 Å². The summed E-state index contributed by atoms with van der Waals surface area (Å²) in [7, 11) is 3.85. The third-order valence-corrected chi connectivity index (χ3v) is 3.32. The first-order valence-electron chi connectivity index (χ1n) is 5.85. The van der Waals surface area contributed by atoms with Gasteiger partial charge in [-0.2, -0.15) is 5.10 Å². The number of nitrogens with zero attached hydrogens (tertiary/aromatic N) is 4. The van der Waals surface area contributed by atoms with Crippen LogP contribution in [0.3, 0.4) is 0 Å². The van der Waals surface area contributed by atoms with Crippen LogP contribution in [0, 0.1) is 0 Å². The van der Waals surface area contributed by atoms with Crippen molar-refractivity contribution in [2.24, 2.45) is 7.05 Å². The van der Waals surface area contributed by atoms with Crippen LogP contribution in [-0.4, -0.2) is 63.8 Å². The molecule has 1 fully saturated rings. The molecule has 1 N–H and O–H groups in total. The molecule has 2 rings (SSSR count). The van der Waals surface area contributed by atoms with Gasteiger partial charge in [-0.05, 0) is 25.3 Å². The Morgan fingerprint density at radius 1 is 1.33 bits per heavy atom. The fraction of sp³-hybridized carbons (Fsp3) is 0.545. The summed E-state index contributed by atoms with van der Waals surface area (Å²) in [5.41, 5.74) is 0.383. The lowest BCUT2D eigenvalue weighted by atomic mass is 10.3. The van der Waals surface area contributed by atoms with E-state index in [4.69, 9.17) is 12.2 Å². The first-order chi connectivity index (χ1) is 8.56. The van der Waals surface area contributed by atoms with Crippen LogP contribution in [0.15, 0.2) is 12.3 Å². The fourth-order valence-electron chi connectivity index (χ4n) is 1.79. The van der Waals surface area contributed by atoms with Gasteiger partial charge in [0, 0.05) is 39.4 Å². The summed E-state index contributed by atoms with van der Waals surface area (Å²) in [4.78, 5) is 16.1. The van der Waals surface area contributed by atoms with Crippen LogP contribution in [0.2, 0.25) is 0 Å². The maximum atomic E-state index is 11.9. The highest BCUT2D eigenvalue weighted by atomic mass is 32.1. The Balaban J connectivity index is 1.89. The predicted molar refractivity (Wildman–Crippen MR) is 72.3 cm³/mol. The SMILES string of the molecule is CN1CCN(C(=S)NC(=O)c2ccn(C)n2)CC1. The van der Waals surface area contributed by atoms with Gasteiger partial charge >= 0.3 is 0 Å². The maximum absolute atomic E-state index is 11.9. The Morgan fingerprint density at radius 2 is 2.00 bits per heavy atom. The molecule has 0 aliphatic carbocycles. The van der Waals surface area contributed by atoms with Crippen molar-refractivity contribution in [3.05, 3.63) is 18.0 Å². The molecule has 2 heterocycles. The predicted octanol–water partition coefficient (Wildman–Crippen LogP) is -0.318. The molecule has 0 atom stereocenters. The third kappa shape index (κ3) is 3.05. The van der Waals surface area contributed by atoms with Crippen LogP contribution in [-0.2, 0) is 7.05 Å². The van der Waals surface area contributed by atoms with Gasteiger partial charge < -0.3 is 9.80 Å². The Labute approximate surface area is 112 Å². The number of hydrogen-bond donors (Lipinski definition) is 1. The zero-order valence-corrected chi connectivity index (χ0v) is 11.4. The smallest absolute Gasteiger partial charge is 0.277 e. The van der Waals surface area contributed by atoms with Crippen molar-refractivity contribution >= 4 is 23.2 Å². The summed E-state index contributed by atoms with van der Waals surface area (Å²) in [6, 6.07) is 1.67. The summed E-state index contributed by atoms with van der Waals surface area (Å²) in [6.45, 7) is 3.61. The minimum atomic E-state index is -0.250. The monoisotopic (exact) mass is 267 g/mol. The second-order valence-electron chi connectivity index (χ2n) is 4.42. The number of nitrogens with one attached hydrogen (secondary N) is 1. The first-order valence-corrected chi connectivity index (χ1v) is 6.25. The maximum Gasteiger partial charge on any atom is 0.277 e. The number of carbonyl (C=O) groups is 1. The molecule has 1 amide bonds. The van der Waals surface area contributed by atoms with Crippen molar-refractivity contribution in [1.82, 2.24) is 24.9 Å². The van der Waals surface area contributed by atoms with Gasteiger partial charge in [0.1, 0.15) is 0 Å². The zero-order chi connectivity index (χ0) is 13.1. The Kier molecular flexibility index (Phi) is 3.93. The van der Waals surface area contributed by atoms with Crippen LogP contribution in [0.1, 0.15) is 10.5 Å². The number of aryl methyl sites for hydroxylation is 1. The minimum Gasteiger partial charge on any atom is -0.346 e. The van der Waals surface area contributed by atoms with E-state index in [1.807, 2.05) is 4.90 Å². The van der Waals surface area contributed by atoms with Crippen LogP contribution >= 0.6 is 12.2 Å².